The van der Waals surface area contributed by atoms with Crippen molar-refractivity contribution in [2.75, 3.05) is 0 Å². The third kappa shape index (κ3) is 4.50. The van der Waals surface area contributed by atoms with Gasteiger partial charge in [0.25, 0.3) is 0 Å². The van der Waals surface area contributed by atoms with Crippen molar-refractivity contribution in [3.05, 3.63) is 54.6 Å². The number of nitrogens with zero attached hydrogens (tertiary/aromatic N) is 2. The van der Waals surface area contributed by atoms with Gasteiger partial charge in [-0.3, -0.25) is 0 Å². The average Bonchev–Trinajstić information content (AvgIpc) is 2.39. The molecule has 0 saturated heterocycles. The molecule has 2 nitrogen and oxygen atoms in total. The van der Waals surface area contributed by atoms with Crippen molar-refractivity contribution in [3.63, 3.8) is 0 Å². The molecule has 0 atom stereocenters. The maximum Gasteiger partial charge on any atom is 0.128 e. The summed E-state index contributed by atoms with van der Waals surface area (Å²) in [5.41, 5.74) is 2.74. The number of hydrogen-bond acceptors (Lipinski definition) is 1. The fourth-order valence-electron chi connectivity index (χ4n) is 1.52. The fraction of sp³-hybridized carbons (Fsp3) is 0.250. The van der Waals surface area contributed by atoms with Gasteiger partial charge >= 0.3 is 0 Å². The van der Waals surface area contributed by atoms with Gasteiger partial charge in [0.05, 0.1) is 5.70 Å². The first-order valence-electron chi connectivity index (χ1n) is 6.17. The van der Waals surface area contributed by atoms with Gasteiger partial charge in [0, 0.05) is 12.1 Å². The monoisotopic (exact) mass is 240 g/mol. The van der Waals surface area contributed by atoms with E-state index >= 15 is 0 Å². The molecule has 1 aromatic carbocycles. The van der Waals surface area contributed by atoms with Gasteiger partial charge in [0.2, 0.25) is 0 Å². The molecule has 1 rings (SSSR count). The summed E-state index contributed by atoms with van der Waals surface area (Å²) in [4.78, 5) is 8.96. The molecule has 0 radical (unpaired) electrons. The normalized spacial score (nSPS) is 13.1. The SMILES string of the molecule is C=C(N=C(CC)N=C(C)/C=C/C)c1ccccc1. The number of allylic oxidation sites excluding steroid dienone is 2. The standard InChI is InChI=1S/C16H20N2/c1-5-10-13(3)17-16(6-2)18-14(4)15-11-8-7-9-12-15/h5,7-12H,4,6H2,1-3H3/b10-5+,17-13?,18-16?. The quantitative estimate of drug-likeness (QED) is 0.546. The molecule has 0 aromatic heterocycles. The van der Waals surface area contributed by atoms with Gasteiger partial charge in [0.15, 0.2) is 0 Å². The van der Waals surface area contributed by atoms with Gasteiger partial charge in [-0.05, 0) is 25.5 Å². The van der Waals surface area contributed by atoms with E-state index in [0.29, 0.717) is 0 Å². The summed E-state index contributed by atoms with van der Waals surface area (Å²) < 4.78 is 0. The molecule has 18 heavy (non-hydrogen) atoms. The molecule has 0 aliphatic carbocycles. The lowest BCUT2D eigenvalue weighted by Crippen LogP contribution is -1.97. The highest BCUT2D eigenvalue weighted by molar-refractivity contribution is 6.03. The second-order valence-electron chi connectivity index (χ2n) is 3.95. The molecule has 0 N–H and O–H groups in total. The van der Waals surface area contributed by atoms with Crippen LogP contribution in [0, 0.1) is 0 Å². The maximum absolute atomic E-state index is 4.49. The smallest absolute Gasteiger partial charge is 0.128 e. The minimum atomic E-state index is 0.754. The molecule has 2 heteroatoms. The highest BCUT2D eigenvalue weighted by atomic mass is 14.9. The Balaban J connectivity index is 2.92. The third-order valence-electron chi connectivity index (χ3n) is 2.40. The second kappa shape index (κ2) is 7.38. The Morgan fingerprint density at radius 1 is 1.22 bits per heavy atom. The number of hydrogen-bond donors (Lipinski definition) is 0. The van der Waals surface area contributed by atoms with Crippen molar-refractivity contribution < 1.29 is 0 Å². The van der Waals surface area contributed by atoms with E-state index in [9.17, 15) is 0 Å². The van der Waals surface area contributed by atoms with E-state index in [1.54, 1.807) is 0 Å². The van der Waals surface area contributed by atoms with E-state index < -0.39 is 0 Å². The Morgan fingerprint density at radius 2 is 1.89 bits per heavy atom. The predicted octanol–water partition coefficient (Wildman–Crippen LogP) is 4.50. The molecule has 0 amide bonds. The summed E-state index contributed by atoms with van der Waals surface area (Å²) in [7, 11) is 0. The zero-order valence-electron chi connectivity index (χ0n) is 11.4. The van der Waals surface area contributed by atoms with E-state index in [1.807, 2.05) is 63.3 Å². The first-order valence-corrected chi connectivity index (χ1v) is 6.17. The summed E-state index contributed by atoms with van der Waals surface area (Å²) in [6, 6.07) is 9.95. The molecule has 0 unspecified atom stereocenters. The molecular weight excluding hydrogens is 220 g/mol. The molecule has 0 fully saturated rings. The van der Waals surface area contributed by atoms with Crippen LogP contribution in [0.2, 0.25) is 0 Å². The summed E-state index contributed by atoms with van der Waals surface area (Å²) in [5.74, 6) is 0.805. The van der Waals surface area contributed by atoms with E-state index in [1.165, 1.54) is 0 Å². The van der Waals surface area contributed by atoms with Crippen LogP contribution in [0.4, 0.5) is 0 Å². The van der Waals surface area contributed by atoms with Crippen molar-refractivity contribution in [3.8, 4) is 0 Å². The summed E-state index contributed by atoms with van der Waals surface area (Å²) in [6.07, 6.45) is 4.73. The molecule has 0 heterocycles. The van der Waals surface area contributed by atoms with Crippen LogP contribution in [0.5, 0.6) is 0 Å². The molecule has 0 spiro atoms. The van der Waals surface area contributed by atoms with Crippen LogP contribution in [-0.2, 0) is 0 Å². The van der Waals surface area contributed by atoms with Crippen LogP contribution in [0.3, 0.4) is 0 Å². The number of rotatable bonds is 4. The van der Waals surface area contributed by atoms with Gasteiger partial charge in [0.1, 0.15) is 5.84 Å². The van der Waals surface area contributed by atoms with Crippen LogP contribution in [0.15, 0.2) is 59.0 Å². The van der Waals surface area contributed by atoms with Gasteiger partial charge in [-0.2, -0.15) is 0 Å². The number of aliphatic imine (C=N–C) groups is 2. The largest absolute Gasteiger partial charge is 0.238 e. The first-order chi connectivity index (χ1) is 8.67. The lowest BCUT2D eigenvalue weighted by molar-refractivity contribution is 1.24. The van der Waals surface area contributed by atoms with Gasteiger partial charge in [-0.1, -0.05) is 49.9 Å². The van der Waals surface area contributed by atoms with Crippen molar-refractivity contribution in [1.29, 1.82) is 0 Å². The van der Waals surface area contributed by atoms with Crippen molar-refractivity contribution in [2.24, 2.45) is 9.98 Å². The Kier molecular flexibility index (Phi) is 5.78. The van der Waals surface area contributed by atoms with Gasteiger partial charge < -0.3 is 0 Å². The van der Waals surface area contributed by atoms with E-state index in [4.69, 9.17) is 0 Å². The lowest BCUT2D eigenvalue weighted by atomic mass is 10.2. The molecule has 0 saturated carbocycles. The average molecular weight is 240 g/mol. The van der Waals surface area contributed by atoms with Crippen molar-refractivity contribution in [2.45, 2.75) is 27.2 Å². The zero-order valence-corrected chi connectivity index (χ0v) is 11.4. The maximum atomic E-state index is 4.49. The third-order valence-corrected chi connectivity index (χ3v) is 2.40. The Bertz CT molecular complexity index is 479. The topological polar surface area (TPSA) is 24.7 Å². The number of amidine groups is 1. The van der Waals surface area contributed by atoms with E-state index in [-0.39, 0.29) is 0 Å². The van der Waals surface area contributed by atoms with Gasteiger partial charge in [-0.15, -0.1) is 0 Å². The minimum Gasteiger partial charge on any atom is -0.238 e. The summed E-state index contributed by atoms with van der Waals surface area (Å²) in [5, 5.41) is 0. The van der Waals surface area contributed by atoms with Crippen molar-refractivity contribution >= 4 is 17.2 Å². The van der Waals surface area contributed by atoms with Crippen LogP contribution in [0.1, 0.15) is 32.8 Å². The van der Waals surface area contributed by atoms with E-state index in [2.05, 4.69) is 16.6 Å². The second-order valence-corrected chi connectivity index (χ2v) is 3.95. The lowest BCUT2D eigenvalue weighted by Gasteiger charge is -2.02. The molecule has 94 valence electrons. The Hall–Kier alpha value is -1.96. The predicted molar refractivity (Wildman–Crippen MR) is 81.1 cm³/mol. The highest BCUT2D eigenvalue weighted by Crippen LogP contribution is 2.13. The summed E-state index contributed by atoms with van der Waals surface area (Å²) >= 11 is 0. The fourth-order valence-corrected chi connectivity index (χ4v) is 1.52. The molecular formula is C16H20N2. The van der Waals surface area contributed by atoms with E-state index in [0.717, 1.165) is 29.2 Å². The van der Waals surface area contributed by atoms with Crippen LogP contribution >= 0.6 is 0 Å². The molecule has 0 aliphatic heterocycles. The highest BCUT2D eigenvalue weighted by Gasteiger charge is 1.99. The molecule has 0 bridgehead atoms. The Labute approximate surface area is 109 Å². The van der Waals surface area contributed by atoms with Crippen LogP contribution in [0.25, 0.3) is 5.70 Å². The van der Waals surface area contributed by atoms with Crippen LogP contribution in [-0.4, -0.2) is 11.5 Å². The molecule has 1 aromatic rings. The molecule has 0 aliphatic rings. The van der Waals surface area contributed by atoms with Crippen molar-refractivity contribution in [1.82, 2.24) is 0 Å². The van der Waals surface area contributed by atoms with Crippen LogP contribution < -0.4 is 0 Å². The minimum absolute atomic E-state index is 0.754. The Morgan fingerprint density at radius 3 is 2.44 bits per heavy atom. The number of benzene rings is 1. The first kappa shape index (κ1) is 14.1. The zero-order chi connectivity index (χ0) is 13.4. The van der Waals surface area contributed by atoms with Gasteiger partial charge in [-0.25, -0.2) is 9.98 Å². The summed E-state index contributed by atoms with van der Waals surface area (Å²) in [6.45, 7) is 9.98.